The topological polar surface area (TPSA) is 84.5 Å². The molecular formula is C18H20Cl2N2O4S. The summed E-state index contributed by atoms with van der Waals surface area (Å²) in [6.45, 7) is 4.28. The van der Waals surface area contributed by atoms with Crippen LogP contribution in [0.2, 0.25) is 10.0 Å². The molecule has 0 saturated carbocycles. The molecule has 9 heteroatoms. The number of dihydropyridines is 1. The molecule has 1 unspecified atom stereocenters. The number of esters is 1. The maximum absolute atomic E-state index is 13.0. The molecule has 0 fully saturated rings. The van der Waals surface area contributed by atoms with Crippen molar-refractivity contribution in [2.24, 2.45) is 0 Å². The van der Waals surface area contributed by atoms with Crippen molar-refractivity contribution in [3.8, 4) is 0 Å². The number of carbonyl (C=O) groups excluding carboxylic acids is 1. The molecular weight excluding hydrogens is 411 g/mol. The highest BCUT2D eigenvalue weighted by atomic mass is 35.5. The summed E-state index contributed by atoms with van der Waals surface area (Å²) in [6, 6.07) is 4.83. The number of hydrogen-bond donors (Lipinski definition) is 2. The maximum atomic E-state index is 13.0. The predicted octanol–water partition coefficient (Wildman–Crippen LogP) is 2.75. The molecule has 3 rings (SSSR count). The monoisotopic (exact) mass is 430 g/mol. The van der Waals surface area contributed by atoms with E-state index in [1.807, 2.05) is 0 Å². The molecule has 2 aliphatic heterocycles. The van der Waals surface area contributed by atoms with Crippen molar-refractivity contribution in [1.82, 2.24) is 10.6 Å². The molecule has 2 heterocycles. The number of nitrogens with one attached hydrogen (secondary N) is 2. The number of allylic oxidation sites excluding steroid dienone is 2. The molecule has 1 atom stereocenters. The van der Waals surface area contributed by atoms with Crippen molar-refractivity contribution in [3.63, 3.8) is 0 Å². The van der Waals surface area contributed by atoms with Crippen LogP contribution in [-0.2, 0) is 19.4 Å². The lowest BCUT2D eigenvalue weighted by atomic mass is 9.86. The largest absolute Gasteiger partial charge is 0.463 e. The minimum absolute atomic E-state index is 0.0651. The van der Waals surface area contributed by atoms with Crippen LogP contribution in [0.4, 0.5) is 0 Å². The van der Waals surface area contributed by atoms with Gasteiger partial charge in [0.05, 0.1) is 28.8 Å². The van der Waals surface area contributed by atoms with Crippen molar-refractivity contribution in [2.75, 3.05) is 25.4 Å². The van der Waals surface area contributed by atoms with E-state index < -0.39 is 21.7 Å². The average Bonchev–Trinajstić information content (AvgIpc) is 2.72. The van der Waals surface area contributed by atoms with Gasteiger partial charge in [0, 0.05) is 34.5 Å². The highest BCUT2D eigenvalue weighted by Gasteiger charge is 2.42. The Morgan fingerprint density at radius 3 is 2.74 bits per heavy atom. The molecule has 0 radical (unpaired) electrons. The van der Waals surface area contributed by atoms with E-state index in [0.29, 0.717) is 40.1 Å². The molecule has 2 N–H and O–H groups in total. The van der Waals surface area contributed by atoms with Crippen LogP contribution in [0.5, 0.6) is 0 Å². The van der Waals surface area contributed by atoms with Crippen LogP contribution >= 0.6 is 23.2 Å². The smallest absolute Gasteiger partial charge is 0.336 e. The molecule has 27 heavy (non-hydrogen) atoms. The zero-order chi connectivity index (χ0) is 19.8. The number of benzene rings is 1. The highest BCUT2D eigenvalue weighted by Crippen LogP contribution is 2.44. The van der Waals surface area contributed by atoms with E-state index in [0.717, 1.165) is 0 Å². The van der Waals surface area contributed by atoms with Crippen molar-refractivity contribution in [2.45, 2.75) is 19.8 Å². The zero-order valence-corrected chi connectivity index (χ0v) is 17.3. The van der Waals surface area contributed by atoms with Gasteiger partial charge >= 0.3 is 5.97 Å². The summed E-state index contributed by atoms with van der Waals surface area (Å²) in [5.41, 5.74) is 1.81. The molecule has 1 aromatic rings. The van der Waals surface area contributed by atoms with Gasteiger partial charge in [-0.15, -0.1) is 0 Å². The lowest BCUT2D eigenvalue weighted by Gasteiger charge is -2.31. The molecule has 0 aromatic heterocycles. The van der Waals surface area contributed by atoms with Crippen LogP contribution in [0, 0.1) is 0 Å². The SMILES string of the molecule is CCOC(=O)C1=C(C)NC2=C(C1c1ccc(Cl)cc1Cl)S(=O)(=O)CCNC2. The van der Waals surface area contributed by atoms with Crippen LogP contribution in [0.15, 0.2) is 40.1 Å². The summed E-state index contributed by atoms with van der Waals surface area (Å²) in [5.74, 6) is -1.49. The van der Waals surface area contributed by atoms with E-state index in [-0.39, 0.29) is 22.8 Å². The van der Waals surface area contributed by atoms with Gasteiger partial charge in [0.2, 0.25) is 0 Å². The first kappa shape index (κ1) is 20.2. The third-order valence-corrected chi connectivity index (χ3v) is 7.00. The number of hydrogen-bond acceptors (Lipinski definition) is 6. The van der Waals surface area contributed by atoms with Crippen molar-refractivity contribution in [1.29, 1.82) is 0 Å². The maximum Gasteiger partial charge on any atom is 0.336 e. The summed E-state index contributed by atoms with van der Waals surface area (Å²) < 4.78 is 31.3. The molecule has 1 aromatic carbocycles. The minimum Gasteiger partial charge on any atom is -0.463 e. The zero-order valence-electron chi connectivity index (χ0n) is 14.9. The van der Waals surface area contributed by atoms with Gasteiger partial charge in [-0.25, -0.2) is 13.2 Å². The van der Waals surface area contributed by atoms with E-state index in [1.165, 1.54) is 0 Å². The van der Waals surface area contributed by atoms with Gasteiger partial charge in [0.15, 0.2) is 9.84 Å². The molecule has 146 valence electrons. The number of sulfone groups is 1. The third-order valence-electron chi connectivity index (χ3n) is 4.54. The Kier molecular flexibility index (Phi) is 5.86. The molecule has 2 aliphatic rings. The van der Waals surface area contributed by atoms with Gasteiger partial charge in [-0.05, 0) is 31.5 Å². The fraction of sp³-hybridized carbons (Fsp3) is 0.389. The normalized spacial score (nSPS) is 22.0. The molecule has 6 nitrogen and oxygen atoms in total. The van der Waals surface area contributed by atoms with E-state index in [1.54, 1.807) is 32.0 Å². The van der Waals surface area contributed by atoms with Crippen LogP contribution in [0.1, 0.15) is 25.3 Å². The van der Waals surface area contributed by atoms with Crippen LogP contribution < -0.4 is 10.6 Å². The summed E-state index contributed by atoms with van der Waals surface area (Å²) in [5, 5.41) is 6.90. The quantitative estimate of drug-likeness (QED) is 0.717. The van der Waals surface area contributed by atoms with Gasteiger partial charge < -0.3 is 15.4 Å². The second kappa shape index (κ2) is 7.83. The lowest BCUT2D eigenvalue weighted by molar-refractivity contribution is -0.138. The highest BCUT2D eigenvalue weighted by molar-refractivity contribution is 7.95. The molecule has 0 aliphatic carbocycles. The van der Waals surface area contributed by atoms with E-state index >= 15 is 0 Å². The van der Waals surface area contributed by atoms with Gasteiger partial charge in [-0.1, -0.05) is 29.3 Å². The second-order valence-corrected chi connectivity index (χ2v) is 9.24. The number of carbonyl (C=O) groups is 1. The second-order valence-electron chi connectivity index (χ2n) is 6.32. The van der Waals surface area contributed by atoms with Gasteiger partial charge in [0.25, 0.3) is 0 Å². The minimum atomic E-state index is -3.63. The Balaban J connectivity index is 2.28. The number of ether oxygens (including phenoxy) is 1. The van der Waals surface area contributed by atoms with Crippen LogP contribution in [-0.4, -0.2) is 39.8 Å². The number of halogens is 2. The van der Waals surface area contributed by atoms with Crippen molar-refractivity contribution < 1.29 is 17.9 Å². The Labute approximate surface area is 168 Å². The van der Waals surface area contributed by atoms with E-state index in [4.69, 9.17) is 27.9 Å². The average molecular weight is 431 g/mol. The summed E-state index contributed by atoms with van der Waals surface area (Å²) in [7, 11) is -3.63. The van der Waals surface area contributed by atoms with E-state index in [9.17, 15) is 13.2 Å². The molecule has 0 spiro atoms. The lowest BCUT2D eigenvalue weighted by Crippen LogP contribution is -2.34. The standard InChI is InChI=1S/C18H20Cl2N2O4S/c1-3-26-18(23)15-10(2)22-14-9-21-6-7-27(24,25)17(14)16(15)12-5-4-11(19)8-13(12)20/h4-5,8,16,21-22H,3,6-7,9H2,1-2H3. The third kappa shape index (κ3) is 3.87. The Morgan fingerprint density at radius 2 is 2.07 bits per heavy atom. The first-order valence-electron chi connectivity index (χ1n) is 8.52. The summed E-state index contributed by atoms with van der Waals surface area (Å²) in [4.78, 5) is 12.9. The first-order chi connectivity index (χ1) is 12.8. The molecule has 0 bridgehead atoms. The fourth-order valence-electron chi connectivity index (χ4n) is 3.42. The molecule has 0 amide bonds. The van der Waals surface area contributed by atoms with Crippen molar-refractivity contribution in [3.05, 3.63) is 55.7 Å². The van der Waals surface area contributed by atoms with E-state index in [2.05, 4.69) is 10.6 Å². The number of rotatable bonds is 3. The van der Waals surface area contributed by atoms with Gasteiger partial charge in [-0.2, -0.15) is 0 Å². The Hall–Kier alpha value is -1.54. The Morgan fingerprint density at radius 1 is 1.33 bits per heavy atom. The van der Waals surface area contributed by atoms with Gasteiger partial charge in [0.1, 0.15) is 0 Å². The van der Waals surface area contributed by atoms with Crippen LogP contribution in [0.25, 0.3) is 0 Å². The summed E-state index contributed by atoms with van der Waals surface area (Å²) >= 11 is 12.4. The van der Waals surface area contributed by atoms with Gasteiger partial charge in [-0.3, -0.25) is 0 Å². The van der Waals surface area contributed by atoms with Crippen LogP contribution in [0.3, 0.4) is 0 Å². The fourth-order valence-corrected chi connectivity index (χ4v) is 5.67. The first-order valence-corrected chi connectivity index (χ1v) is 10.9. The van der Waals surface area contributed by atoms with Crippen molar-refractivity contribution >= 4 is 39.0 Å². The molecule has 0 saturated heterocycles. The predicted molar refractivity (Wildman–Crippen MR) is 105 cm³/mol. The summed E-state index contributed by atoms with van der Waals surface area (Å²) in [6.07, 6.45) is 0. The Bertz CT molecular complexity index is 954.